The Balaban J connectivity index is 2.07. The van der Waals surface area contributed by atoms with E-state index in [0.717, 1.165) is 0 Å². The third-order valence-electron chi connectivity index (χ3n) is 4.22. The maximum Gasteiger partial charge on any atom is 0.187 e. The molecule has 0 bridgehead atoms. The van der Waals surface area contributed by atoms with Gasteiger partial charge in [-0.1, -0.05) is 0 Å². The minimum atomic E-state index is -1.74. The van der Waals surface area contributed by atoms with Crippen molar-refractivity contribution >= 4 is 0 Å². The van der Waals surface area contributed by atoms with Gasteiger partial charge < -0.3 is 55.1 Å². The molecule has 0 aromatic carbocycles. The SMILES string of the molecule is OCC[C@H]1OC(OC2C(O)O[C@H](CO)C(O)[C@@H]2O)C(O)[C@@H](O)C1O. The van der Waals surface area contributed by atoms with Crippen molar-refractivity contribution in [1.82, 2.24) is 0 Å². The van der Waals surface area contributed by atoms with Gasteiger partial charge in [-0.2, -0.15) is 0 Å². The van der Waals surface area contributed by atoms with E-state index < -0.39 is 68.0 Å². The van der Waals surface area contributed by atoms with Crippen molar-refractivity contribution in [2.24, 2.45) is 0 Å². The first-order valence-corrected chi connectivity index (χ1v) is 7.58. The van der Waals surface area contributed by atoms with Crippen molar-refractivity contribution in [2.45, 2.75) is 67.8 Å². The highest BCUT2D eigenvalue weighted by Crippen LogP contribution is 2.29. The number of aliphatic hydroxyl groups excluding tert-OH is 8. The Labute approximate surface area is 137 Å². The third kappa shape index (κ3) is 3.86. The molecule has 11 heteroatoms. The van der Waals surface area contributed by atoms with Crippen LogP contribution in [0.4, 0.5) is 0 Å². The lowest BCUT2D eigenvalue weighted by molar-refractivity contribution is -0.360. The van der Waals surface area contributed by atoms with Crippen LogP contribution < -0.4 is 0 Å². The standard InChI is InChI=1S/C13H24O11/c14-2-1-4-6(16)8(18)10(20)13(23-4)24-11-9(19)7(17)5(3-15)22-12(11)21/h4-21H,1-3H2/t4-,5-,6?,7?,8+,9+,10?,11?,12?,13?/m1/s1. The molecule has 6 unspecified atom stereocenters. The van der Waals surface area contributed by atoms with Crippen LogP contribution in [0.5, 0.6) is 0 Å². The van der Waals surface area contributed by atoms with Crippen LogP contribution in [0.3, 0.4) is 0 Å². The molecule has 2 aliphatic rings. The average molecular weight is 356 g/mol. The Morgan fingerprint density at radius 3 is 1.92 bits per heavy atom. The lowest BCUT2D eigenvalue weighted by atomic mass is 9.96. The molecule has 142 valence electrons. The van der Waals surface area contributed by atoms with Crippen LogP contribution in [0.1, 0.15) is 6.42 Å². The summed E-state index contributed by atoms with van der Waals surface area (Å²) in [7, 11) is 0. The predicted molar refractivity (Wildman–Crippen MR) is 73.2 cm³/mol. The summed E-state index contributed by atoms with van der Waals surface area (Å²) in [5.41, 5.74) is 0. The van der Waals surface area contributed by atoms with Crippen LogP contribution in [0.2, 0.25) is 0 Å². The molecule has 10 atom stereocenters. The monoisotopic (exact) mass is 356 g/mol. The van der Waals surface area contributed by atoms with Crippen molar-refractivity contribution in [3.05, 3.63) is 0 Å². The van der Waals surface area contributed by atoms with E-state index in [1.54, 1.807) is 0 Å². The molecule has 0 amide bonds. The van der Waals surface area contributed by atoms with E-state index in [4.69, 9.17) is 24.4 Å². The van der Waals surface area contributed by atoms with Crippen molar-refractivity contribution in [2.75, 3.05) is 13.2 Å². The Hall–Kier alpha value is -0.440. The van der Waals surface area contributed by atoms with E-state index in [2.05, 4.69) is 0 Å². The van der Waals surface area contributed by atoms with Gasteiger partial charge in [-0.25, -0.2) is 0 Å². The Kier molecular flexibility index (Phi) is 6.87. The second-order valence-electron chi connectivity index (χ2n) is 5.86. The second kappa shape index (κ2) is 8.29. The Bertz CT molecular complexity index is 396. The van der Waals surface area contributed by atoms with Crippen LogP contribution >= 0.6 is 0 Å². The number of aliphatic hydroxyl groups is 8. The summed E-state index contributed by atoms with van der Waals surface area (Å²) in [5.74, 6) is 0. The van der Waals surface area contributed by atoms with E-state index in [-0.39, 0.29) is 13.0 Å². The van der Waals surface area contributed by atoms with Gasteiger partial charge in [0.2, 0.25) is 0 Å². The van der Waals surface area contributed by atoms with Crippen molar-refractivity contribution in [3.8, 4) is 0 Å². The molecule has 11 nitrogen and oxygen atoms in total. The highest BCUT2D eigenvalue weighted by atomic mass is 16.7. The molecule has 0 aromatic rings. The molecule has 0 aliphatic carbocycles. The van der Waals surface area contributed by atoms with Gasteiger partial charge in [0.1, 0.15) is 42.7 Å². The first-order valence-electron chi connectivity index (χ1n) is 7.58. The van der Waals surface area contributed by atoms with Crippen molar-refractivity contribution < 1.29 is 55.1 Å². The number of hydrogen-bond donors (Lipinski definition) is 8. The molecule has 0 radical (unpaired) electrons. The fraction of sp³-hybridized carbons (Fsp3) is 1.00. The molecule has 0 aromatic heterocycles. The van der Waals surface area contributed by atoms with Crippen LogP contribution in [-0.4, -0.2) is 115 Å². The lowest BCUT2D eigenvalue weighted by Crippen LogP contribution is -2.64. The summed E-state index contributed by atoms with van der Waals surface area (Å²) >= 11 is 0. The molecule has 2 rings (SSSR count). The lowest BCUT2D eigenvalue weighted by Gasteiger charge is -2.45. The van der Waals surface area contributed by atoms with Gasteiger partial charge in [0, 0.05) is 6.61 Å². The van der Waals surface area contributed by atoms with Gasteiger partial charge in [-0.3, -0.25) is 0 Å². The molecule has 2 fully saturated rings. The molecular weight excluding hydrogens is 332 g/mol. The molecule has 24 heavy (non-hydrogen) atoms. The normalized spacial score (nSPS) is 50.0. The summed E-state index contributed by atoms with van der Waals surface area (Å²) < 4.78 is 15.4. The van der Waals surface area contributed by atoms with Gasteiger partial charge in [-0.05, 0) is 6.42 Å². The van der Waals surface area contributed by atoms with Crippen LogP contribution in [-0.2, 0) is 14.2 Å². The van der Waals surface area contributed by atoms with Gasteiger partial charge in [0.25, 0.3) is 0 Å². The fourth-order valence-corrected chi connectivity index (χ4v) is 2.77. The summed E-state index contributed by atoms with van der Waals surface area (Å²) in [4.78, 5) is 0. The summed E-state index contributed by atoms with van der Waals surface area (Å²) in [6.45, 7) is -1.00. The van der Waals surface area contributed by atoms with Gasteiger partial charge >= 0.3 is 0 Å². The Morgan fingerprint density at radius 1 is 0.708 bits per heavy atom. The van der Waals surface area contributed by atoms with E-state index >= 15 is 0 Å². The first kappa shape index (κ1) is 19.9. The summed E-state index contributed by atoms with van der Waals surface area (Å²) in [5, 5.41) is 77.1. The quantitative estimate of drug-likeness (QED) is 0.235. The topological polar surface area (TPSA) is 190 Å². The molecular formula is C13H24O11. The largest absolute Gasteiger partial charge is 0.396 e. The van der Waals surface area contributed by atoms with Crippen LogP contribution in [0, 0.1) is 0 Å². The fourth-order valence-electron chi connectivity index (χ4n) is 2.77. The van der Waals surface area contributed by atoms with E-state index in [9.17, 15) is 30.6 Å². The average Bonchev–Trinajstić information content (AvgIpc) is 2.56. The van der Waals surface area contributed by atoms with Crippen LogP contribution in [0.25, 0.3) is 0 Å². The van der Waals surface area contributed by atoms with Crippen molar-refractivity contribution in [1.29, 1.82) is 0 Å². The van der Waals surface area contributed by atoms with Gasteiger partial charge in [-0.15, -0.1) is 0 Å². The zero-order valence-electron chi connectivity index (χ0n) is 12.7. The smallest absolute Gasteiger partial charge is 0.187 e. The zero-order chi connectivity index (χ0) is 18.0. The maximum atomic E-state index is 10.00. The molecule has 0 saturated carbocycles. The molecule has 2 heterocycles. The second-order valence-corrected chi connectivity index (χ2v) is 5.86. The number of ether oxygens (including phenoxy) is 3. The number of rotatable bonds is 5. The van der Waals surface area contributed by atoms with Crippen molar-refractivity contribution in [3.63, 3.8) is 0 Å². The molecule has 8 N–H and O–H groups in total. The van der Waals surface area contributed by atoms with Crippen LogP contribution in [0.15, 0.2) is 0 Å². The minimum absolute atomic E-state index is 0.0493. The molecule has 2 saturated heterocycles. The predicted octanol–water partition coefficient (Wildman–Crippen LogP) is -5.01. The summed E-state index contributed by atoms with van der Waals surface area (Å²) in [6.07, 6.45) is -15.2. The highest BCUT2D eigenvalue weighted by molar-refractivity contribution is 4.93. The molecule has 0 spiro atoms. The van der Waals surface area contributed by atoms with E-state index in [1.807, 2.05) is 0 Å². The van der Waals surface area contributed by atoms with E-state index in [0.29, 0.717) is 0 Å². The van der Waals surface area contributed by atoms with Gasteiger partial charge in [0.05, 0.1) is 12.7 Å². The van der Waals surface area contributed by atoms with E-state index in [1.165, 1.54) is 0 Å². The van der Waals surface area contributed by atoms with Gasteiger partial charge in [0.15, 0.2) is 12.6 Å². The Morgan fingerprint density at radius 2 is 1.33 bits per heavy atom. The molecule has 2 aliphatic heterocycles. The summed E-state index contributed by atoms with van der Waals surface area (Å²) in [6, 6.07) is 0. The minimum Gasteiger partial charge on any atom is -0.396 e. The number of hydrogen-bond acceptors (Lipinski definition) is 11. The third-order valence-corrected chi connectivity index (χ3v) is 4.22. The zero-order valence-corrected chi connectivity index (χ0v) is 12.7. The highest BCUT2D eigenvalue weighted by Gasteiger charge is 2.49. The maximum absolute atomic E-state index is 10.00. The first-order chi connectivity index (χ1) is 11.3.